The Bertz CT molecular complexity index is 779. The van der Waals surface area contributed by atoms with Crippen molar-refractivity contribution in [1.82, 2.24) is 0 Å². The molecule has 0 radical (unpaired) electrons. The quantitative estimate of drug-likeness (QED) is 0.356. The average molecular weight is 306 g/mol. The third-order valence-electron chi connectivity index (χ3n) is 3.84. The van der Waals surface area contributed by atoms with Crippen LogP contribution in [0, 0.1) is 6.92 Å². The Morgan fingerprint density at radius 1 is 0.739 bits per heavy atom. The van der Waals surface area contributed by atoms with Crippen LogP contribution in [-0.2, 0) is 9.47 Å². The van der Waals surface area contributed by atoms with E-state index in [9.17, 15) is 0 Å². The van der Waals surface area contributed by atoms with Crippen molar-refractivity contribution in [1.29, 1.82) is 0 Å². The lowest BCUT2D eigenvalue weighted by molar-refractivity contribution is 0.223. The molecular weight excluding hydrogens is 284 g/mol. The van der Waals surface area contributed by atoms with Crippen LogP contribution in [0.2, 0.25) is 0 Å². The van der Waals surface area contributed by atoms with E-state index in [4.69, 9.17) is 0 Å². The average Bonchev–Trinajstić information content (AvgIpc) is 2.61. The van der Waals surface area contributed by atoms with Crippen LogP contribution in [-0.4, -0.2) is 14.2 Å². The minimum Gasteiger partial charge on any atom is -0.494 e. The van der Waals surface area contributed by atoms with Crippen LogP contribution in [0.3, 0.4) is 0 Å². The summed E-state index contributed by atoms with van der Waals surface area (Å²) in [6.07, 6.45) is 0. The van der Waals surface area contributed by atoms with Crippen molar-refractivity contribution in [2.75, 3.05) is 14.2 Å². The van der Waals surface area contributed by atoms with Gasteiger partial charge < -0.3 is 9.47 Å². The second-order valence-electron chi connectivity index (χ2n) is 5.20. The molecule has 0 bridgehead atoms. The lowest BCUT2D eigenvalue weighted by Crippen LogP contribution is -1.90. The highest BCUT2D eigenvalue weighted by Gasteiger charge is 2.01. The number of hydrogen-bond donors (Lipinski definition) is 0. The molecule has 0 spiro atoms. The SMILES string of the molecule is C=C(OC)C(=C)OC.Cc1c2ccccc2cc2ccccc12. The van der Waals surface area contributed by atoms with Gasteiger partial charge in [-0.1, -0.05) is 61.7 Å². The molecule has 23 heavy (non-hydrogen) atoms. The number of hydrogen-bond acceptors (Lipinski definition) is 2. The van der Waals surface area contributed by atoms with Gasteiger partial charge in [-0.2, -0.15) is 0 Å². The minimum atomic E-state index is 0.465. The predicted octanol–water partition coefficient (Wildman–Crippen LogP) is 5.61. The molecule has 2 nitrogen and oxygen atoms in total. The van der Waals surface area contributed by atoms with Crippen molar-refractivity contribution < 1.29 is 9.47 Å². The van der Waals surface area contributed by atoms with Crippen molar-refractivity contribution in [2.45, 2.75) is 6.92 Å². The van der Waals surface area contributed by atoms with Gasteiger partial charge in [0.15, 0.2) is 11.5 Å². The van der Waals surface area contributed by atoms with Crippen LogP contribution in [0.25, 0.3) is 21.5 Å². The first-order chi connectivity index (χ1) is 11.1. The molecule has 0 aromatic heterocycles. The molecule has 0 fully saturated rings. The third-order valence-corrected chi connectivity index (χ3v) is 3.84. The van der Waals surface area contributed by atoms with Gasteiger partial charge in [-0.05, 0) is 40.1 Å². The summed E-state index contributed by atoms with van der Waals surface area (Å²) in [5.41, 5.74) is 1.38. The van der Waals surface area contributed by atoms with Crippen LogP contribution < -0.4 is 0 Å². The maximum Gasteiger partial charge on any atom is 0.152 e. The fourth-order valence-electron chi connectivity index (χ4n) is 2.47. The standard InChI is InChI=1S/C15H12.C6H10O2/c1-11-14-8-4-2-6-12(14)10-13-7-3-5-9-15(11)13;1-5(7-3)6(2)8-4/h2-10H,1H3;1-2H2,3-4H3. The number of rotatable bonds is 3. The third kappa shape index (κ3) is 3.72. The van der Waals surface area contributed by atoms with Crippen molar-refractivity contribution in [3.05, 3.63) is 84.8 Å². The van der Waals surface area contributed by atoms with Gasteiger partial charge in [0.05, 0.1) is 14.2 Å². The smallest absolute Gasteiger partial charge is 0.152 e. The Morgan fingerprint density at radius 2 is 1.13 bits per heavy atom. The number of benzene rings is 3. The summed E-state index contributed by atoms with van der Waals surface area (Å²) in [6.45, 7) is 9.19. The Labute approximate surface area is 137 Å². The van der Waals surface area contributed by atoms with E-state index >= 15 is 0 Å². The lowest BCUT2D eigenvalue weighted by atomic mass is 9.98. The zero-order valence-corrected chi connectivity index (χ0v) is 13.9. The molecule has 118 valence electrons. The molecule has 3 aromatic rings. The van der Waals surface area contributed by atoms with Crippen molar-refractivity contribution in [3.63, 3.8) is 0 Å². The number of aryl methyl sites for hydroxylation is 1. The maximum atomic E-state index is 4.68. The Morgan fingerprint density at radius 3 is 1.52 bits per heavy atom. The molecule has 3 rings (SSSR count). The molecule has 0 heterocycles. The molecular formula is C21H22O2. The Hall–Kier alpha value is -2.74. The van der Waals surface area contributed by atoms with Gasteiger partial charge in [0.2, 0.25) is 0 Å². The molecule has 2 heteroatoms. The number of ether oxygens (including phenoxy) is 2. The number of fused-ring (bicyclic) bond motifs is 2. The summed E-state index contributed by atoms with van der Waals surface area (Å²) in [6, 6.07) is 19.4. The van der Waals surface area contributed by atoms with Crippen LogP contribution >= 0.6 is 0 Å². The van der Waals surface area contributed by atoms with Gasteiger partial charge in [-0.15, -0.1) is 0 Å². The summed E-state index contributed by atoms with van der Waals surface area (Å²) in [5, 5.41) is 5.37. The van der Waals surface area contributed by atoms with Gasteiger partial charge in [-0.25, -0.2) is 0 Å². The fraction of sp³-hybridized carbons (Fsp3) is 0.143. The summed E-state index contributed by atoms with van der Waals surface area (Å²) < 4.78 is 9.37. The minimum absolute atomic E-state index is 0.465. The second kappa shape index (κ2) is 7.50. The largest absolute Gasteiger partial charge is 0.494 e. The topological polar surface area (TPSA) is 18.5 Å². The van der Waals surface area contributed by atoms with Gasteiger partial charge in [0.1, 0.15) is 0 Å². The molecule has 0 saturated heterocycles. The van der Waals surface area contributed by atoms with E-state index in [1.807, 2.05) is 0 Å². The van der Waals surface area contributed by atoms with E-state index in [1.54, 1.807) is 0 Å². The summed E-state index contributed by atoms with van der Waals surface area (Å²) in [4.78, 5) is 0. The first-order valence-electron chi connectivity index (χ1n) is 7.41. The molecule has 0 aliphatic heterocycles. The molecule has 0 aliphatic rings. The fourth-order valence-corrected chi connectivity index (χ4v) is 2.47. The molecule has 0 atom stereocenters. The summed E-state index contributed by atoms with van der Waals surface area (Å²) in [5.74, 6) is 0.931. The van der Waals surface area contributed by atoms with E-state index in [0.717, 1.165) is 0 Å². The summed E-state index contributed by atoms with van der Waals surface area (Å²) in [7, 11) is 3.04. The van der Waals surface area contributed by atoms with Crippen LogP contribution in [0.1, 0.15) is 5.56 Å². The highest BCUT2D eigenvalue weighted by molar-refractivity contribution is 6.01. The highest BCUT2D eigenvalue weighted by atomic mass is 16.5. The van der Waals surface area contributed by atoms with Crippen LogP contribution in [0.5, 0.6) is 0 Å². The number of methoxy groups -OCH3 is 2. The predicted molar refractivity (Wildman–Crippen MR) is 98.5 cm³/mol. The van der Waals surface area contributed by atoms with Crippen molar-refractivity contribution >= 4 is 21.5 Å². The Kier molecular flexibility index (Phi) is 5.42. The zero-order chi connectivity index (χ0) is 16.8. The molecule has 0 saturated carbocycles. The van der Waals surface area contributed by atoms with E-state index < -0.39 is 0 Å². The second-order valence-corrected chi connectivity index (χ2v) is 5.20. The Balaban J connectivity index is 0.000000207. The van der Waals surface area contributed by atoms with E-state index in [2.05, 4.69) is 84.2 Å². The van der Waals surface area contributed by atoms with Gasteiger partial charge in [0, 0.05) is 0 Å². The molecule has 3 aromatic carbocycles. The maximum absolute atomic E-state index is 4.68. The molecule has 0 unspecified atom stereocenters. The van der Waals surface area contributed by atoms with Crippen LogP contribution in [0.15, 0.2) is 79.3 Å². The van der Waals surface area contributed by atoms with Gasteiger partial charge in [-0.3, -0.25) is 0 Å². The van der Waals surface area contributed by atoms with E-state index in [0.29, 0.717) is 11.5 Å². The van der Waals surface area contributed by atoms with E-state index in [-0.39, 0.29) is 0 Å². The molecule has 0 aliphatic carbocycles. The first-order valence-corrected chi connectivity index (χ1v) is 7.41. The monoisotopic (exact) mass is 306 g/mol. The van der Waals surface area contributed by atoms with E-state index in [1.165, 1.54) is 41.3 Å². The van der Waals surface area contributed by atoms with Crippen molar-refractivity contribution in [2.24, 2.45) is 0 Å². The zero-order valence-electron chi connectivity index (χ0n) is 13.9. The first kappa shape index (κ1) is 16.6. The lowest BCUT2D eigenvalue weighted by Gasteiger charge is -2.06. The van der Waals surface area contributed by atoms with Gasteiger partial charge >= 0.3 is 0 Å². The van der Waals surface area contributed by atoms with Gasteiger partial charge in [0.25, 0.3) is 0 Å². The highest BCUT2D eigenvalue weighted by Crippen LogP contribution is 2.27. The molecule has 0 amide bonds. The summed E-state index contributed by atoms with van der Waals surface area (Å²) >= 11 is 0. The normalized spacial score (nSPS) is 9.87. The molecule has 0 N–H and O–H groups in total. The van der Waals surface area contributed by atoms with Crippen molar-refractivity contribution in [3.8, 4) is 0 Å². The van der Waals surface area contributed by atoms with Crippen LogP contribution in [0.4, 0.5) is 0 Å².